The smallest absolute Gasteiger partial charge is 0.251 e. The highest BCUT2D eigenvalue weighted by Gasteiger charge is 2.60. The maximum atomic E-state index is 12.8. The Kier molecular flexibility index (Phi) is 3.88. The van der Waals surface area contributed by atoms with Gasteiger partial charge in [0.05, 0.1) is 6.04 Å². The molecule has 1 aromatic carbocycles. The summed E-state index contributed by atoms with van der Waals surface area (Å²) in [4.78, 5) is 15.4. The molecule has 2 bridgehead atoms. The molecule has 1 saturated carbocycles. The van der Waals surface area contributed by atoms with E-state index in [1.165, 1.54) is 38.8 Å². The number of fused-ring (bicyclic) bond motifs is 3. The number of hydrogen-bond acceptors (Lipinski definition) is 4. The van der Waals surface area contributed by atoms with Gasteiger partial charge in [0.15, 0.2) is 11.5 Å². The van der Waals surface area contributed by atoms with Gasteiger partial charge < -0.3 is 14.8 Å². The van der Waals surface area contributed by atoms with Crippen molar-refractivity contribution in [1.29, 1.82) is 0 Å². The second-order valence-electron chi connectivity index (χ2n) is 7.24. The lowest BCUT2D eigenvalue weighted by atomic mass is 9.77. The molecule has 1 atom stereocenters. The zero-order valence-electron chi connectivity index (χ0n) is 13.6. The zero-order valence-corrected chi connectivity index (χ0v) is 14.4. The molecule has 4 aliphatic heterocycles. The van der Waals surface area contributed by atoms with E-state index >= 15 is 0 Å². The molecule has 0 unspecified atom stereocenters. The molecule has 1 N–H and O–H groups in total. The molecular weight excluding hydrogens is 328 g/mol. The molecule has 1 amide bonds. The fourth-order valence-corrected chi connectivity index (χ4v) is 4.73. The fraction of sp³-hybridized carbons (Fsp3) is 0.611. The van der Waals surface area contributed by atoms with E-state index in [0.717, 1.165) is 5.75 Å². The Morgan fingerprint density at radius 1 is 1.12 bits per heavy atom. The molecule has 24 heavy (non-hydrogen) atoms. The van der Waals surface area contributed by atoms with Gasteiger partial charge in [0.25, 0.3) is 5.91 Å². The molecule has 130 valence electrons. The summed E-state index contributed by atoms with van der Waals surface area (Å²) in [6.45, 7) is 3.53. The van der Waals surface area contributed by atoms with Crippen LogP contribution in [-0.2, 0) is 0 Å². The summed E-state index contributed by atoms with van der Waals surface area (Å²) < 4.78 is 11.1. The lowest BCUT2D eigenvalue weighted by molar-refractivity contribution is -0.00145. The first-order chi connectivity index (χ1) is 11.3. The minimum atomic E-state index is 0. The summed E-state index contributed by atoms with van der Waals surface area (Å²) in [6, 6.07) is 5.80. The highest BCUT2D eigenvalue weighted by atomic mass is 35.5. The van der Waals surface area contributed by atoms with Gasteiger partial charge in [0, 0.05) is 11.1 Å². The number of halogens is 1. The molecule has 0 aromatic heterocycles. The van der Waals surface area contributed by atoms with Crippen LogP contribution >= 0.6 is 12.4 Å². The summed E-state index contributed by atoms with van der Waals surface area (Å²) in [5.41, 5.74) is 0.937. The number of carbonyl (C=O) groups excluding carboxylic acids is 1. The zero-order chi connectivity index (χ0) is 15.4. The first-order valence-corrected chi connectivity index (χ1v) is 8.72. The van der Waals surface area contributed by atoms with Gasteiger partial charge in [-0.3, -0.25) is 9.69 Å². The van der Waals surface area contributed by atoms with E-state index in [0.29, 0.717) is 36.5 Å². The first kappa shape index (κ1) is 16.0. The van der Waals surface area contributed by atoms with Crippen LogP contribution in [0.3, 0.4) is 0 Å². The van der Waals surface area contributed by atoms with Crippen LogP contribution in [0.2, 0.25) is 0 Å². The maximum absolute atomic E-state index is 12.8. The molecule has 3 saturated heterocycles. The molecule has 1 aliphatic carbocycles. The van der Waals surface area contributed by atoms with Crippen LogP contribution in [0.15, 0.2) is 18.2 Å². The monoisotopic (exact) mass is 350 g/mol. The van der Waals surface area contributed by atoms with E-state index in [-0.39, 0.29) is 23.9 Å². The van der Waals surface area contributed by atoms with Crippen LogP contribution < -0.4 is 14.8 Å². The van der Waals surface area contributed by atoms with E-state index in [9.17, 15) is 4.79 Å². The minimum absolute atomic E-state index is 0. The Bertz CT molecular complexity index is 654. The van der Waals surface area contributed by atoms with Crippen molar-refractivity contribution in [1.82, 2.24) is 10.2 Å². The number of ether oxygens (including phenoxy) is 2. The van der Waals surface area contributed by atoms with E-state index in [4.69, 9.17) is 9.47 Å². The lowest BCUT2D eigenvalue weighted by Gasteiger charge is -2.52. The number of nitrogens with zero attached hydrogens (tertiary/aromatic N) is 1. The Morgan fingerprint density at radius 3 is 2.54 bits per heavy atom. The van der Waals surface area contributed by atoms with E-state index in [1.54, 1.807) is 0 Å². The van der Waals surface area contributed by atoms with E-state index in [2.05, 4.69) is 10.2 Å². The van der Waals surface area contributed by atoms with Gasteiger partial charge in [-0.25, -0.2) is 0 Å². The third-order valence-electron chi connectivity index (χ3n) is 6.07. The summed E-state index contributed by atoms with van der Waals surface area (Å²) in [6.07, 6.45) is 4.90. The standard InChI is InChI=1S/C18H22N2O3.ClH/c21-17(13-1-2-14-15(11-13)23-10-9-22-14)19-16-12-3-7-20(8-4-12)18(16)5-6-18;/h1-2,11-12,16H,3-10H2,(H,19,21);1H/t16-;/m1./s1. The van der Waals surface area contributed by atoms with Crippen LogP contribution in [-0.4, -0.2) is 48.7 Å². The minimum Gasteiger partial charge on any atom is -0.486 e. The number of piperidine rings is 3. The van der Waals surface area contributed by atoms with Crippen molar-refractivity contribution < 1.29 is 14.3 Å². The van der Waals surface area contributed by atoms with Gasteiger partial charge in [0.2, 0.25) is 0 Å². The molecule has 4 heterocycles. The third-order valence-corrected chi connectivity index (χ3v) is 6.07. The van der Waals surface area contributed by atoms with Gasteiger partial charge >= 0.3 is 0 Å². The molecule has 0 radical (unpaired) electrons. The molecule has 5 aliphatic rings. The average molecular weight is 351 g/mol. The molecule has 5 nitrogen and oxygen atoms in total. The summed E-state index contributed by atoms with van der Waals surface area (Å²) in [5, 5.41) is 3.35. The molecule has 6 rings (SSSR count). The van der Waals surface area contributed by atoms with Gasteiger partial charge in [-0.15, -0.1) is 12.4 Å². The summed E-state index contributed by atoms with van der Waals surface area (Å²) in [5.74, 6) is 2.07. The first-order valence-electron chi connectivity index (χ1n) is 8.72. The average Bonchev–Trinajstić information content (AvgIpc) is 3.39. The summed E-state index contributed by atoms with van der Waals surface area (Å²) in [7, 11) is 0. The van der Waals surface area contributed by atoms with Crippen molar-refractivity contribution in [2.75, 3.05) is 26.3 Å². The molecule has 6 heteroatoms. The number of nitrogens with one attached hydrogen (secondary N) is 1. The van der Waals surface area contributed by atoms with Gasteiger partial charge in [-0.05, 0) is 62.9 Å². The quantitative estimate of drug-likeness (QED) is 0.888. The SMILES string of the molecule is Cl.O=C(N[C@@H]1C2CCN(CC2)C12CC2)c1ccc2c(c1)OCCO2. The van der Waals surface area contributed by atoms with E-state index in [1.807, 2.05) is 18.2 Å². The van der Waals surface area contributed by atoms with Gasteiger partial charge in [0.1, 0.15) is 13.2 Å². The third kappa shape index (κ3) is 2.37. The Hall–Kier alpha value is -1.46. The van der Waals surface area contributed by atoms with Gasteiger partial charge in [-0.1, -0.05) is 0 Å². The van der Waals surface area contributed by atoms with Crippen molar-refractivity contribution in [3.63, 3.8) is 0 Å². The Balaban J connectivity index is 0.00000146. The Labute approximate surface area is 148 Å². The Morgan fingerprint density at radius 2 is 1.83 bits per heavy atom. The highest BCUT2D eigenvalue weighted by molar-refractivity contribution is 5.95. The molecule has 4 fully saturated rings. The number of rotatable bonds is 2. The maximum Gasteiger partial charge on any atom is 0.251 e. The van der Waals surface area contributed by atoms with Crippen LogP contribution in [0.1, 0.15) is 36.0 Å². The van der Waals surface area contributed by atoms with Crippen LogP contribution in [0.25, 0.3) is 0 Å². The highest BCUT2D eigenvalue weighted by Crippen LogP contribution is 2.53. The van der Waals surface area contributed by atoms with Crippen LogP contribution in [0.5, 0.6) is 11.5 Å². The fourth-order valence-electron chi connectivity index (χ4n) is 4.73. The van der Waals surface area contributed by atoms with Crippen molar-refractivity contribution in [3.05, 3.63) is 23.8 Å². The van der Waals surface area contributed by atoms with E-state index < -0.39 is 0 Å². The predicted molar refractivity (Wildman–Crippen MR) is 92.2 cm³/mol. The van der Waals surface area contributed by atoms with Gasteiger partial charge in [-0.2, -0.15) is 0 Å². The number of carbonyl (C=O) groups is 1. The second-order valence-corrected chi connectivity index (χ2v) is 7.24. The molecule has 1 spiro atoms. The molecular formula is C18H23ClN2O3. The number of benzene rings is 1. The second kappa shape index (κ2) is 5.81. The van der Waals surface area contributed by atoms with Crippen molar-refractivity contribution in [2.24, 2.45) is 5.92 Å². The molecule has 1 aromatic rings. The predicted octanol–water partition coefficient (Wildman–Crippen LogP) is 2.24. The lowest BCUT2D eigenvalue weighted by Crippen LogP contribution is -2.65. The normalized spacial score (nSPS) is 31.2. The van der Waals surface area contributed by atoms with Crippen LogP contribution in [0.4, 0.5) is 0 Å². The van der Waals surface area contributed by atoms with Crippen molar-refractivity contribution in [3.8, 4) is 11.5 Å². The topological polar surface area (TPSA) is 50.8 Å². The van der Waals surface area contributed by atoms with Crippen molar-refractivity contribution in [2.45, 2.75) is 37.3 Å². The number of hydrogen-bond donors (Lipinski definition) is 1. The summed E-state index contributed by atoms with van der Waals surface area (Å²) >= 11 is 0. The largest absolute Gasteiger partial charge is 0.486 e. The number of amides is 1. The van der Waals surface area contributed by atoms with Crippen molar-refractivity contribution >= 4 is 18.3 Å². The van der Waals surface area contributed by atoms with Crippen LogP contribution in [0, 0.1) is 5.92 Å².